The van der Waals surface area contributed by atoms with Gasteiger partial charge < -0.3 is 14.2 Å². The molecule has 0 N–H and O–H groups in total. The number of carbonyl (C=O) groups excluding carboxylic acids is 3. The zero-order valence-electron chi connectivity index (χ0n) is 32.6. The highest BCUT2D eigenvalue weighted by atomic mass is 16.6. The molecule has 288 valence electrons. The second-order valence-corrected chi connectivity index (χ2v) is 12.8. The van der Waals surface area contributed by atoms with Crippen LogP contribution < -0.4 is 0 Å². The fourth-order valence-corrected chi connectivity index (χ4v) is 4.90. The van der Waals surface area contributed by atoms with Crippen LogP contribution >= 0.6 is 0 Å². The average molecular weight is 709 g/mol. The van der Waals surface area contributed by atoms with Crippen LogP contribution in [0, 0.1) is 0 Å². The molecule has 0 heterocycles. The Morgan fingerprint density at radius 3 is 1.18 bits per heavy atom. The summed E-state index contributed by atoms with van der Waals surface area (Å²) < 4.78 is 16.3. The lowest BCUT2D eigenvalue weighted by Gasteiger charge is -2.18. The lowest BCUT2D eigenvalue weighted by atomic mass is 10.1. The van der Waals surface area contributed by atoms with Crippen molar-refractivity contribution < 1.29 is 28.6 Å². The van der Waals surface area contributed by atoms with Crippen molar-refractivity contribution >= 4 is 17.9 Å². The van der Waals surface area contributed by atoms with E-state index < -0.39 is 6.10 Å². The van der Waals surface area contributed by atoms with Gasteiger partial charge in [0.1, 0.15) is 13.2 Å². The fraction of sp³-hybridized carbons (Fsp3) is 0.622. The fourth-order valence-electron chi connectivity index (χ4n) is 4.90. The van der Waals surface area contributed by atoms with Crippen molar-refractivity contribution in [3.8, 4) is 0 Å². The van der Waals surface area contributed by atoms with Crippen LogP contribution in [0.25, 0.3) is 0 Å². The molecule has 0 rings (SSSR count). The van der Waals surface area contributed by atoms with Crippen molar-refractivity contribution in [1.82, 2.24) is 0 Å². The van der Waals surface area contributed by atoms with Gasteiger partial charge in [-0.2, -0.15) is 0 Å². The van der Waals surface area contributed by atoms with Gasteiger partial charge in [-0.3, -0.25) is 14.4 Å². The van der Waals surface area contributed by atoms with E-state index in [2.05, 4.69) is 106 Å². The maximum absolute atomic E-state index is 12.4. The third-order valence-corrected chi connectivity index (χ3v) is 7.91. The maximum atomic E-state index is 12.4. The first-order valence-corrected chi connectivity index (χ1v) is 20.1. The molecule has 1 atom stereocenters. The minimum absolute atomic E-state index is 0.0972. The molecule has 0 bridgehead atoms. The van der Waals surface area contributed by atoms with Gasteiger partial charge in [-0.15, -0.1) is 0 Å². The normalized spacial score (nSPS) is 12.9. The van der Waals surface area contributed by atoms with E-state index in [0.29, 0.717) is 19.3 Å². The first kappa shape index (κ1) is 47.6. The highest BCUT2D eigenvalue weighted by molar-refractivity contribution is 5.71. The van der Waals surface area contributed by atoms with E-state index in [4.69, 9.17) is 14.2 Å². The molecule has 0 aliphatic rings. The van der Waals surface area contributed by atoms with E-state index in [1.165, 1.54) is 0 Å². The lowest BCUT2D eigenvalue weighted by Crippen LogP contribution is -2.30. The molecule has 0 aromatic rings. The van der Waals surface area contributed by atoms with Gasteiger partial charge in [-0.25, -0.2) is 0 Å². The molecule has 0 fully saturated rings. The van der Waals surface area contributed by atoms with E-state index in [9.17, 15) is 14.4 Å². The van der Waals surface area contributed by atoms with Gasteiger partial charge in [0.05, 0.1) is 0 Å². The van der Waals surface area contributed by atoms with Gasteiger partial charge in [0.15, 0.2) is 6.10 Å². The molecule has 0 saturated carbocycles. The number of unbranched alkanes of at least 4 members (excludes halogenated alkanes) is 9. The molecule has 51 heavy (non-hydrogen) atoms. The Labute approximate surface area is 312 Å². The topological polar surface area (TPSA) is 78.9 Å². The number of ether oxygens (including phenoxy) is 3. The largest absolute Gasteiger partial charge is 0.462 e. The lowest BCUT2D eigenvalue weighted by molar-refractivity contribution is -0.167. The number of rotatable bonds is 34. The van der Waals surface area contributed by atoms with Gasteiger partial charge in [-0.05, 0) is 70.6 Å². The number of allylic oxidation sites excluding steroid dienone is 14. The Balaban J connectivity index is 4.20. The third kappa shape index (κ3) is 37.7. The van der Waals surface area contributed by atoms with Crippen molar-refractivity contribution in [2.75, 3.05) is 13.2 Å². The van der Waals surface area contributed by atoms with Crippen LogP contribution in [0.4, 0.5) is 0 Å². The van der Waals surface area contributed by atoms with Crippen LogP contribution in [0.5, 0.6) is 0 Å². The third-order valence-electron chi connectivity index (χ3n) is 7.91. The Morgan fingerprint density at radius 2 is 0.765 bits per heavy atom. The molecule has 1 unspecified atom stereocenters. The highest BCUT2D eigenvalue weighted by Gasteiger charge is 2.19. The Bertz CT molecular complexity index is 1040. The van der Waals surface area contributed by atoms with E-state index >= 15 is 0 Å². The summed E-state index contributed by atoms with van der Waals surface area (Å²) in [5.74, 6) is -1.00. The number of hydrogen-bond acceptors (Lipinski definition) is 6. The monoisotopic (exact) mass is 709 g/mol. The molecule has 0 amide bonds. The Hall–Kier alpha value is -3.41. The van der Waals surface area contributed by atoms with E-state index in [1.807, 2.05) is 0 Å². The average Bonchev–Trinajstić information content (AvgIpc) is 3.12. The number of hydrogen-bond donors (Lipinski definition) is 0. The summed E-state index contributed by atoms with van der Waals surface area (Å²) in [6, 6.07) is 0. The second kappa shape index (κ2) is 39.4. The van der Waals surface area contributed by atoms with E-state index in [-0.39, 0.29) is 37.5 Å². The Kier molecular flexibility index (Phi) is 36.7. The van der Waals surface area contributed by atoms with E-state index in [1.54, 1.807) is 0 Å². The van der Waals surface area contributed by atoms with Crippen molar-refractivity contribution in [3.63, 3.8) is 0 Å². The summed E-state index contributed by atoms with van der Waals surface area (Å²) in [6.45, 7) is 6.25. The predicted octanol–water partition coefficient (Wildman–Crippen LogP) is 12.5. The van der Waals surface area contributed by atoms with Gasteiger partial charge in [0, 0.05) is 19.3 Å². The van der Waals surface area contributed by atoms with E-state index in [0.717, 1.165) is 116 Å². The SMILES string of the molecule is CC/C=C\C/C=C\C/C=C\C/C=C\C/C=C\C/C=C\C/C=C\CCCC(=O)OCC(COC(=O)CCCCCCC)OC(=O)CCCCCCC. The van der Waals surface area contributed by atoms with Crippen LogP contribution in [0.2, 0.25) is 0 Å². The minimum atomic E-state index is -0.789. The molecule has 6 nitrogen and oxygen atoms in total. The van der Waals surface area contributed by atoms with Crippen molar-refractivity contribution in [2.45, 2.75) is 168 Å². The molecule has 0 aromatic heterocycles. The zero-order chi connectivity index (χ0) is 37.3. The number of esters is 3. The van der Waals surface area contributed by atoms with Gasteiger partial charge in [0.2, 0.25) is 0 Å². The summed E-state index contributed by atoms with van der Waals surface area (Å²) in [5, 5.41) is 0. The second-order valence-electron chi connectivity index (χ2n) is 12.8. The summed E-state index contributed by atoms with van der Waals surface area (Å²) >= 11 is 0. The van der Waals surface area contributed by atoms with Crippen LogP contribution in [0.15, 0.2) is 85.1 Å². The summed E-state index contributed by atoms with van der Waals surface area (Å²) in [6.07, 6.45) is 49.3. The molecule has 0 spiro atoms. The van der Waals surface area contributed by atoms with Crippen molar-refractivity contribution in [1.29, 1.82) is 0 Å². The summed E-state index contributed by atoms with van der Waals surface area (Å²) in [7, 11) is 0. The standard InChI is InChI=1S/C45H72O6/c1-4-7-10-13-14-15-16-17-18-19-20-21-22-23-24-25-26-27-28-29-30-33-35-38-44(47)50-41-42(51-45(48)39-36-32-12-9-6-3)40-49-43(46)37-34-31-11-8-5-2/h7,10,14-15,17-18,20-21,23-24,26-27,29-30,42H,4-6,8-9,11-13,16,19,22,25,28,31-41H2,1-3H3/b10-7-,15-14-,18-17-,21-20-,24-23-,27-26-,30-29-. The predicted molar refractivity (Wildman–Crippen MR) is 214 cm³/mol. The summed E-state index contributed by atoms with van der Waals surface area (Å²) in [5.41, 5.74) is 0. The molecule has 0 aliphatic heterocycles. The molecule has 0 aromatic carbocycles. The molecular formula is C45H72O6. The zero-order valence-corrected chi connectivity index (χ0v) is 32.6. The van der Waals surface area contributed by atoms with Gasteiger partial charge in [0.25, 0.3) is 0 Å². The van der Waals surface area contributed by atoms with Crippen LogP contribution in [-0.2, 0) is 28.6 Å². The van der Waals surface area contributed by atoms with Gasteiger partial charge >= 0.3 is 17.9 Å². The summed E-state index contributed by atoms with van der Waals surface area (Å²) in [4.78, 5) is 37.0. The maximum Gasteiger partial charge on any atom is 0.306 e. The van der Waals surface area contributed by atoms with Crippen LogP contribution in [-0.4, -0.2) is 37.2 Å². The molecule has 0 radical (unpaired) electrons. The molecular weight excluding hydrogens is 636 g/mol. The quantitative estimate of drug-likeness (QED) is 0.0286. The van der Waals surface area contributed by atoms with Gasteiger partial charge in [-0.1, -0.05) is 157 Å². The minimum Gasteiger partial charge on any atom is -0.462 e. The first-order chi connectivity index (χ1) is 25.0. The van der Waals surface area contributed by atoms with Crippen LogP contribution in [0.3, 0.4) is 0 Å². The van der Waals surface area contributed by atoms with Crippen molar-refractivity contribution in [3.05, 3.63) is 85.1 Å². The molecule has 0 saturated heterocycles. The molecule has 0 aliphatic carbocycles. The first-order valence-electron chi connectivity index (χ1n) is 20.1. The molecule has 6 heteroatoms. The smallest absolute Gasteiger partial charge is 0.306 e. The van der Waals surface area contributed by atoms with Crippen LogP contribution in [0.1, 0.15) is 162 Å². The number of carbonyl (C=O) groups is 3. The Morgan fingerprint density at radius 1 is 0.412 bits per heavy atom. The van der Waals surface area contributed by atoms with Crippen molar-refractivity contribution in [2.24, 2.45) is 0 Å². The highest BCUT2D eigenvalue weighted by Crippen LogP contribution is 2.10.